The predicted octanol–water partition coefficient (Wildman–Crippen LogP) is 2.95. The summed E-state index contributed by atoms with van der Waals surface area (Å²) in [6, 6.07) is 12.3. The van der Waals surface area contributed by atoms with Gasteiger partial charge in [0.2, 0.25) is 0 Å². The van der Waals surface area contributed by atoms with Crippen LogP contribution in [0, 0.1) is 0 Å². The molecular weight excluding hydrogens is 344 g/mol. The van der Waals surface area contributed by atoms with Crippen LogP contribution in [0.3, 0.4) is 0 Å². The van der Waals surface area contributed by atoms with E-state index < -0.39 is 0 Å². The maximum Gasteiger partial charge on any atom is 0.265 e. The van der Waals surface area contributed by atoms with Crippen molar-refractivity contribution in [1.82, 2.24) is 5.32 Å². The highest BCUT2D eigenvalue weighted by Crippen LogP contribution is 2.34. The number of hydrogen-bond donors (Lipinski definition) is 1. The average Bonchev–Trinajstić information content (AvgIpc) is 2.63. The number of fused-ring (bicyclic) bond motifs is 1. The number of Topliss-reactive ketones (excluding diaryl/α,β-unsaturated/α-hetero) is 1. The maximum absolute atomic E-state index is 12.4. The summed E-state index contributed by atoms with van der Waals surface area (Å²) in [7, 11) is 0. The number of carbonyl (C=O) groups excluding carboxylic acids is 3. The van der Waals surface area contributed by atoms with Crippen molar-refractivity contribution in [3.05, 3.63) is 59.2 Å². The lowest BCUT2D eigenvalue weighted by atomic mass is 10.1. The SMILES string of the molecule is CC(=O)c1ccc2c(c1)N(Cc1ccc(C(=O)NC(C)C)cc1)C(=O)CO2. The molecule has 2 aromatic carbocycles. The van der Waals surface area contributed by atoms with Gasteiger partial charge in [0.25, 0.3) is 11.8 Å². The summed E-state index contributed by atoms with van der Waals surface area (Å²) in [5.41, 5.74) is 2.56. The van der Waals surface area contributed by atoms with Crippen LogP contribution in [0.4, 0.5) is 5.69 Å². The maximum atomic E-state index is 12.4. The standard InChI is InChI=1S/C21H22N2O4/c1-13(2)22-21(26)16-6-4-15(5-7-16)11-23-18-10-17(14(3)24)8-9-19(18)27-12-20(23)25/h4-10,13H,11-12H2,1-3H3,(H,22,26). The van der Waals surface area contributed by atoms with Crippen molar-refractivity contribution in [2.75, 3.05) is 11.5 Å². The number of nitrogens with one attached hydrogen (secondary N) is 1. The van der Waals surface area contributed by atoms with Gasteiger partial charge in [-0.3, -0.25) is 14.4 Å². The Hall–Kier alpha value is -3.15. The molecule has 0 fully saturated rings. The third kappa shape index (κ3) is 4.16. The van der Waals surface area contributed by atoms with Gasteiger partial charge in [0.1, 0.15) is 5.75 Å². The Morgan fingerprint density at radius 2 is 1.78 bits per heavy atom. The molecule has 1 aliphatic rings. The van der Waals surface area contributed by atoms with Gasteiger partial charge in [-0.05, 0) is 56.7 Å². The van der Waals surface area contributed by atoms with E-state index in [1.165, 1.54) is 6.92 Å². The lowest BCUT2D eigenvalue weighted by molar-refractivity contribution is -0.121. The Morgan fingerprint density at radius 3 is 2.41 bits per heavy atom. The molecule has 6 heteroatoms. The van der Waals surface area contributed by atoms with Crippen molar-refractivity contribution < 1.29 is 19.1 Å². The Labute approximate surface area is 158 Å². The second kappa shape index (κ2) is 7.61. The van der Waals surface area contributed by atoms with Crippen LogP contribution in [0.15, 0.2) is 42.5 Å². The normalized spacial score (nSPS) is 13.2. The lowest BCUT2D eigenvalue weighted by Gasteiger charge is -2.29. The molecule has 2 amide bonds. The molecular formula is C21H22N2O4. The van der Waals surface area contributed by atoms with Crippen LogP contribution >= 0.6 is 0 Å². The first-order valence-electron chi connectivity index (χ1n) is 8.83. The van der Waals surface area contributed by atoms with Crippen molar-refractivity contribution in [3.63, 3.8) is 0 Å². The first-order valence-corrected chi connectivity index (χ1v) is 8.83. The fourth-order valence-electron chi connectivity index (χ4n) is 2.88. The van der Waals surface area contributed by atoms with Crippen LogP contribution < -0.4 is 15.0 Å². The van der Waals surface area contributed by atoms with Crippen molar-refractivity contribution in [2.45, 2.75) is 33.4 Å². The Kier molecular flexibility index (Phi) is 5.26. The number of rotatable bonds is 5. The van der Waals surface area contributed by atoms with Crippen LogP contribution in [0.25, 0.3) is 0 Å². The molecule has 1 aliphatic heterocycles. The lowest BCUT2D eigenvalue weighted by Crippen LogP contribution is -2.38. The van der Waals surface area contributed by atoms with Gasteiger partial charge >= 0.3 is 0 Å². The fourth-order valence-corrected chi connectivity index (χ4v) is 2.88. The fraction of sp³-hybridized carbons (Fsp3) is 0.286. The number of carbonyl (C=O) groups is 3. The van der Waals surface area contributed by atoms with Crippen LogP contribution in [0.5, 0.6) is 5.75 Å². The van der Waals surface area contributed by atoms with Crippen molar-refractivity contribution in [2.24, 2.45) is 0 Å². The zero-order chi connectivity index (χ0) is 19.6. The smallest absolute Gasteiger partial charge is 0.265 e. The largest absolute Gasteiger partial charge is 0.482 e. The molecule has 0 radical (unpaired) electrons. The number of benzene rings is 2. The number of ether oxygens (including phenoxy) is 1. The van der Waals surface area contributed by atoms with E-state index in [0.29, 0.717) is 29.1 Å². The highest BCUT2D eigenvalue weighted by molar-refractivity contribution is 6.01. The van der Waals surface area contributed by atoms with Gasteiger partial charge < -0.3 is 15.0 Å². The number of amides is 2. The zero-order valence-electron chi connectivity index (χ0n) is 15.6. The number of anilines is 1. The summed E-state index contributed by atoms with van der Waals surface area (Å²) in [6.07, 6.45) is 0. The second-order valence-corrected chi connectivity index (χ2v) is 6.83. The van der Waals surface area contributed by atoms with E-state index in [0.717, 1.165) is 5.56 Å². The molecule has 140 valence electrons. The molecule has 1 N–H and O–H groups in total. The van der Waals surface area contributed by atoms with Gasteiger partial charge in [-0.2, -0.15) is 0 Å². The average molecular weight is 366 g/mol. The topological polar surface area (TPSA) is 75.7 Å². The summed E-state index contributed by atoms with van der Waals surface area (Å²) in [5, 5.41) is 2.84. The Balaban J connectivity index is 1.83. The molecule has 0 aliphatic carbocycles. The minimum absolute atomic E-state index is 0.0404. The third-order valence-corrected chi connectivity index (χ3v) is 4.29. The summed E-state index contributed by atoms with van der Waals surface area (Å²) in [5.74, 6) is 0.198. The molecule has 0 saturated heterocycles. The molecule has 0 spiro atoms. The minimum atomic E-state index is -0.176. The van der Waals surface area contributed by atoms with Crippen LogP contribution in [0.2, 0.25) is 0 Å². The van der Waals surface area contributed by atoms with Gasteiger partial charge in [-0.25, -0.2) is 0 Å². The van der Waals surface area contributed by atoms with Crippen LogP contribution in [0.1, 0.15) is 47.1 Å². The molecule has 1 heterocycles. The highest BCUT2D eigenvalue weighted by Gasteiger charge is 2.26. The summed E-state index contributed by atoms with van der Waals surface area (Å²) in [6.45, 7) is 5.59. The zero-order valence-corrected chi connectivity index (χ0v) is 15.6. The molecule has 0 bridgehead atoms. The van der Waals surface area contributed by atoms with E-state index in [2.05, 4.69) is 5.32 Å². The highest BCUT2D eigenvalue weighted by atomic mass is 16.5. The number of nitrogens with zero attached hydrogens (tertiary/aromatic N) is 1. The molecule has 0 aromatic heterocycles. The quantitative estimate of drug-likeness (QED) is 0.826. The minimum Gasteiger partial charge on any atom is -0.482 e. The van der Waals surface area contributed by atoms with Gasteiger partial charge in [0.05, 0.1) is 12.2 Å². The van der Waals surface area contributed by atoms with Gasteiger partial charge in [0.15, 0.2) is 12.4 Å². The van der Waals surface area contributed by atoms with E-state index >= 15 is 0 Å². The number of hydrogen-bond acceptors (Lipinski definition) is 4. The van der Waals surface area contributed by atoms with E-state index in [4.69, 9.17) is 4.74 Å². The van der Waals surface area contributed by atoms with E-state index in [1.54, 1.807) is 35.2 Å². The monoisotopic (exact) mass is 366 g/mol. The molecule has 2 aromatic rings. The van der Waals surface area contributed by atoms with E-state index in [9.17, 15) is 14.4 Å². The van der Waals surface area contributed by atoms with E-state index in [-0.39, 0.29) is 30.2 Å². The second-order valence-electron chi connectivity index (χ2n) is 6.83. The molecule has 0 atom stereocenters. The van der Waals surface area contributed by atoms with Crippen LogP contribution in [-0.2, 0) is 11.3 Å². The molecule has 3 rings (SSSR count). The molecule has 0 unspecified atom stereocenters. The Bertz CT molecular complexity index is 888. The third-order valence-electron chi connectivity index (χ3n) is 4.29. The van der Waals surface area contributed by atoms with Crippen molar-refractivity contribution >= 4 is 23.3 Å². The number of ketones is 1. The molecule has 0 saturated carbocycles. The first kappa shape index (κ1) is 18.6. The summed E-state index contributed by atoms with van der Waals surface area (Å²) in [4.78, 5) is 37.7. The predicted molar refractivity (Wildman–Crippen MR) is 102 cm³/mol. The van der Waals surface area contributed by atoms with Gasteiger partial charge in [-0.15, -0.1) is 0 Å². The Morgan fingerprint density at radius 1 is 1.11 bits per heavy atom. The van der Waals surface area contributed by atoms with Gasteiger partial charge in [0, 0.05) is 17.2 Å². The van der Waals surface area contributed by atoms with Crippen molar-refractivity contribution in [3.8, 4) is 5.75 Å². The van der Waals surface area contributed by atoms with Crippen molar-refractivity contribution in [1.29, 1.82) is 0 Å². The van der Waals surface area contributed by atoms with Crippen LogP contribution in [-0.4, -0.2) is 30.2 Å². The van der Waals surface area contributed by atoms with E-state index in [1.807, 2.05) is 26.0 Å². The molecule has 6 nitrogen and oxygen atoms in total. The summed E-state index contributed by atoms with van der Waals surface area (Å²) < 4.78 is 5.47. The molecule has 27 heavy (non-hydrogen) atoms. The summed E-state index contributed by atoms with van der Waals surface area (Å²) >= 11 is 0. The first-order chi connectivity index (χ1) is 12.8. The van der Waals surface area contributed by atoms with Gasteiger partial charge in [-0.1, -0.05) is 12.1 Å².